The molecule has 0 saturated carbocycles. The number of carbonyl (C=O) groups is 1. The minimum absolute atomic E-state index is 0.324. The van der Waals surface area contributed by atoms with Crippen LogP contribution in [0, 0.1) is 0 Å². The van der Waals surface area contributed by atoms with Crippen LogP contribution in [-0.2, 0) is 19.0 Å². The van der Waals surface area contributed by atoms with Gasteiger partial charge in [0.1, 0.15) is 11.7 Å². The Morgan fingerprint density at radius 3 is 1.86 bits per heavy atom. The van der Waals surface area contributed by atoms with Gasteiger partial charge < -0.3 is 29.5 Å². The molecule has 2 heterocycles. The second kappa shape index (κ2) is 8.42. The number of hydrogen-bond acceptors (Lipinski definition) is 7. The zero-order valence-electron chi connectivity index (χ0n) is 19.0. The molecule has 7 nitrogen and oxygen atoms in total. The molecule has 0 amide bonds. The van der Waals surface area contributed by atoms with Gasteiger partial charge in [0.05, 0.1) is 35.1 Å². The maximum absolute atomic E-state index is 11.7. The van der Waals surface area contributed by atoms with Crippen molar-refractivity contribution in [1.82, 2.24) is 0 Å². The molecule has 3 N–H and O–H groups in total. The summed E-state index contributed by atoms with van der Waals surface area (Å²) in [5, 5.41) is 31.4. The first-order valence-corrected chi connectivity index (χ1v) is 10.7. The summed E-state index contributed by atoms with van der Waals surface area (Å²) < 4.78 is 17.8. The van der Waals surface area contributed by atoms with E-state index in [-0.39, 0.29) is 12.2 Å². The number of carbonyl (C=O) groups excluding carboxylic acids is 1. The van der Waals surface area contributed by atoms with Crippen LogP contribution in [0.3, 0.4) is 0 Å². The summed E-state index contributed by atoms with van der Waals surface area (Å²) in [4.78, 5) is 11.7. The predicted octanol–water partition coefficient (Wildman–Crippen LogP) is 2.48. The Bertz CT molecular complexity index is 579. The molecule has 29 heavy (non-hydrogen) atoms. The number of hydrogen-bond donors (Lipinski definition) is 3. The summed E-state index contributed by atoms with van der Waals surface area (Å²) >= 11 is 0. The van der Waals surface area contributed by atoms with Crippen LogP contribution in [0.1, 0.15) is 87.0 Å². The van der Waals surface area contributed by atoms with E-state index in [0.29, 0.717) is 38.5 Å². The summed E-state index contributed by atoms with van der Waals surface area (Å²) in [6.45, 7) is 12.0. The van der Waals surface area contributed by atoms with Crippen molar-refractivity contribution < 1.29 is 34.3 Å². The summed E-state index contributed by atoms with van der Waals surface area (Å²) in [5.74, 6) is -0.397. The van der Waals surface area contributed by atoms with Gasteiger partial charge in [-0.15, -0.1) is 0 Å². The fourth-order valence-corrected chi connectivity index (χ4v) is 4.50. The van der Waals surface area contributed by atoms with Crippen molar-refractivity contribution in [2.75, 3.05) is 0 Å². The van der Waals surface area contributed by atoms with Gasteiger partial charge in [-0.3, -0.25) is 4.79 Å². The van der Waals surface area contributed by atoms with Gasteiger partial charge in [-0.05, 0) is 80.1 Å². The van der Waals surface area contributed by atoms with Gasteiger partial charge in [-0.25, -0.2) is 0 Å². The van der Waals surface area contributed by atoms with Gasteiger partial charge in [0.25, 0.3) is 0 Å². The monoisotopic (exact) mass is 416 g/mol. The number of aliphatic hydroxyl groups is 3. The Balaban J connectivity index is 2.03. The molecule has 0 unspecified atom stereocenters. The van der Waals surface area contributed by atoms with E-state index >= 15 is 0 Å². The Kier molecular flexibility index (Phi) is 7.13. The van der Waals surface area contributed by atoms with Crippen LogP contribution in [0.25, 0.3) is 0 Å². The SMILES string of the molecule is CC(=O)O[C@@H](CC[C@@H](O)[C@]1(C)CC[C@H](C(C)(C)O)O1)[C@@]1(C)CC[C@H](C(C)(C)O)O1. The summed E-state index contributed by atoms with van der Waals surface area (Å²) in [7, 11) is 0. The van der Waals surface area contributed by atoms with Crippen molar-refractivity contribution in [1.29, 1.82) is 0 Å². The molecule has 6 atom stereocenters. The first-order valence-electron chi connectivity index (χ1n) is 10.7. The molecule has 2 saturated heterocycles. The highest BCUT2D eigenvalue weighted by Gasteiger charge is 2.50. The maximum Gasteiger partial charge on any atom is 0.303 e. The number of rotatable bonds is 8. The summed E-state index contributed by atoms with van der Waals surface area (Å²) in [6.07, 6.45) is 1.50. The molecule has 0 aliphatic carbocycles. The topological polar surface area (TPSA) is 105 Å². The van der Waals surface area contributed by atoms with Gasteiger partial charge in [0, 0.05) is 6.92 Å². The predicted molar refractivity (Wildman–Crippen MR) is 108 cm³/mol. The van der Waals surface area contributed by atoms with Crippen LogP contribution in [0.4, 0.5) is 0 Å². The summed E-state index contributed by atoms with van der Waals surface area (Å²) in [6, 6.07) is 0. The standard InChI is InChI=1S/C22H40O7/c1-14(23)27-18(22(7)13-11-17(29-22)20(4,5)26)9-8-15(24)21(6)12-10-16(28-21)19(2,3)25/h15-18,24-26H,8-13H2,1-7H3/t15-,16-,17-,18+,21+,22-/m1/s1. The van der Waals surface area contributed by atoms with E-state index in [4.69, 9.17) is 14.2 Å². The molecule has 2 fully saturated rings. The van der Waals surface area contributed by atoms with E-state index in [1.165, 1.54) is 6.92 Å². The highest BCUT2D eigenvalue weighted by Crippen LogP contribution is 2.42. The van der Waals surface area contributed by atoms with Gasteiger partial charge >= 0.3 is 5.97 Å². The van der Waals surface area contributed by atoms with E-state index in [2.05, 4.69) is 0 Å². The minimum atomic E-state index is -0.977. The quantitative estimate of drug-likeness (QED) is 0.522. The van der Waals surface area contributed by atoms with Crippen molar-refractivity contribution >= 4 is 5.97 Å². The molecule has 170 valence electrons. The van der Waals surface area contributed by atoms with Crippen molar-refractivity contribution in [3.05, 3.63) is 0 Å². The Hall–Kier alpha value is -0.730. The molecule has 2 aliphatic heterocycles. The summed E-state index contributed by atoms with van der Waals surface area (Å²) in [5.41, 5.74) is -3.41. The molecule has 0 aromatic carbocycles. The smallest absolute Gasteiger partial charge is 0.303 e. The van der Waals surface area contributed by atoms with Gasteiger partial charge in [0.2, 0.25) is 0 Å². The van der Waals surface area contributed by atoms with Gasteiger partial charge in [-0.2, -0.15) is 0 Å². The molecule has 0 spiro atoms. The van der Waals surface area contributed by atoms with Crippen LogP contribution in [0.5, 0.6) is 0 Å². The largest absolute Gasteiger partial charge is 0.459 e. The number of ether oxygens (including phenoxy) is 3. The number of aliphatic hydroxyl groups excluding tert-OH is 1. The molecular formula is C22H40O7. The zero-order valence-corrected chi connectivity index (χ0v) is 19.0. The minimum Gasteiger partial charge on any atom is -0.459 e. The first kappa shape index (κ1) is 24.5. The second-order valence-corrected chi connectivity index (χ2v) is 10.4. The van der Waals surface area contributed by atoms with Crippen LogP contribution in [0.15, 0.2) is 0 Å². The lowest BCUT2D eigenvalue weighted by molar-refractivity contribution is -0.184. The maximum atomic E-state index is 11.7. The Morgan fingerprint density at radius 2 is 1.45 bits per heavy atom. The molecule has 2 aliphatic rings. The third kappa shape index (κ3) is 5.91. The van der Waals surface area contributed by atoms with Crippen LogP contribution < -0.4 is 0 Å². The van der Waals surface area contributed by atoms with Crippen LogP contribution in [0.2, 0.25) is 0 Å². The molecule has 0 aromatic rings. The molecule has 0 aromatic heterocycles. The molecular weight excluding hydrogens is 376 g/mol. The van der Waals surface area contributed by atoms with Crippen LogP contribution in [-0.4, -0.2) is 68.1 Å². The molecule has 0 radical (unpaired) electrons. The normalized spacial score (nSPS) is 35.5. The molecule has 7 heteroatoms. The number of esters is 1. The van der Waals surface area contributed by atoms with Crippen LogP contribution >= 0.6 is 0 Å². The zero-order chi connectivity index (χ0) is 22.3. The average molecular weight is 417 g/mol. The van der Waals surface area contributed by atoms with E-state index in [0.717, 1.165) is 0 Å². The third-order valence-electron chi connectivity index (χ3n) is 6.60. The lowest BCUT2D eigenvalue weighted by Gasteiger charge is -2.37. The van der Waals surface area contributed by atoms with E-state index < -0.39 is 40.6 Å². The molecule has 2 rings (SSSR count). The van der Waals surface area contributed by atoms with Crippen molar-refractivity contribution in [3.63, 3.8) is 0 Å². The Labute approximate surface area is 174 Å². The van der Waals surface area contributed by atoms with E-state index in [9.17, 15) is 20.1 Å². The fraction of sp³-hybridized carbons (Fsp3) is 0.955. The Morgan fingerprint density at radius 1 is 1.00 bits per heavy atom. The van der Waals surface area contributed by atoms with Gasteiger partial charge in [-0.1, -0.05) is 0 Å². The van der Waals surface area contributed by atoms with Crippen molar-refractivity contribution in [2.45, 2.75) is 134 Å². The van der Waals surface area contributed by atoms with Gasteiger partial charge in [0.15, 0.2) is 0 Å². The van der Waals surface area contributed by atoms with Crippen molar-refractivity contribution in [2.24, 2.45) is 0 Å². The van der Waals surface area contributed by atoms with E-state index in [1.54, 1.807) is 27.7 Å². The van der Waals surface area contributed by atoms with Crippen molar-refractivity contribution in [3.8, 4) is 0 Å². The van der Waals surface area contributed by atoms with E-state index in [1.807, 2.05) is 13.8 Å². The highest BCUT2D eigenvalue weighted by atomic mass is 16.6. The molecule has 0 bridgehead atoms. The average Bonchev–Trinajstić information content (AvgIpc) is 3.15. The first-order chi connectivity index (χ1) is 13.1. The lowest BCUT2D eigenvalue weighted by atomic mass is 9.86. The fourth-order valence-electron chi connectivity index (χ4n) is 4.50. The second-order valence-electron chi connectivity index (χ2n) is 10.4. The third-order valence-corrected chi connectivity index (χ3v) is 6.60. The highest BCUT2D eigenvalue weighted by molar-refractivity contribution is 5.66. The lowest BCUT2D eigenvalue weighted by Crippen LogP contribution is -2.47.